The summed E-state index contributed by atoms with van der Waals surface area (Å²) < 4.78 is 52.9. The molecule has 0 spiro atoms. The Kier molecular flexibility index (Phi) is 9.65. The number of hydrogen-bond acceptors (Lipinski definition) is 9. The second kappa shape index (κ2) is 13.4. The molecule has 1 atom stereocenters. The molecule has 1 fully saturated rings. The summed E-state index contributed by atoms with van der Waals surface area (Å²) in [6.45, 7) is 9.38. The minimum Gasteiger partial charge on any atom is -0.466 e. The number of aromatic amines is 1. The fourth-order valence-corrected chi connectivity index (χ4v) is 6.24. The van der Waals surface area contributed by atoms with E-state index in [1.54, 1.807) is 30.0 Å². The number of likely N-dealkylation sites (tertiary alicyclic amines) is 1. The zero-order valence-corrected chi connectivity index (χ0v) is 28.1. The van der Waals surface area contributed by atoms with Crippen molar-refractivity contribution in [3.63, 3.8) is 0 Å². The van der Waals surface area contributed by atoms with E-state index in [1.165, 1.54) is 28.7 Å². The smallest absolute Gasteiger partial charge is 0.416 e. The van der Waals surface area contributed by atoms with Gasteiger partial charge in [0.15, 0.2) is 0 Å². The molecule has 0 saturated carbocycles. The third-order valence-electron chi connectivity index (χ3n) is 8.49. The van der Waals surface area contributed by atoms with Crippen LogP contribution in [0.25, 0.3) is 0 Å². The second-order valence-electron chi connectivity index (χ2n) is 13.3. The van der Waals surface area contributed by atoms with Gasteiger partial charge in [-0.05, 0) is 82.6 Å². The van der Waals surface area contributed by atoms with Crippen molar-refractivity contribution in [1.29, 1.82) is 5.26 Å². The molecule has 2 aromatic carbocycles. The van der Waals surface area contributed by atoms with Crippen LogP contribution >= 0.6 is 0 Å². The van der Waals surface area contributed by atoms with Gasteiger partial charge in [-0.1, -0.05) is 12.1 Å². The van der Waals surface area contributed by atoms with Crippen molar-refractivity contribution in [3.8, 4) is 6.07 Å². The average Bonchev–Trinajstić information content (AvgIpc) is 3.39. The van der Waals surface area contributed by atoms with Crippen LogP contribution in [0.1, 0.15) is 56.0 Å². The number of fused-ring (bicyclic) bond motifs is 1. The summed E-state index contributed by atoms with van der Waals surface area (Å²) in [5.74, 6) is -0.567. The van der Waals surface area contributed by atoms with Crippen molar-refractivity contribution in [2.24, 2.45) is 5.92 Å². The monoisotopic (exact) mass is 681 g/mol. The molecule has 49 heavy (non-hydrogen) atoms. The number of alkyl halides is 3. The Labute approximate surface area is 281 Å². The Balaban J connectivity index is 1.47. The summed E-state index contributed by atoms with van der Waals surface area (Å²) in [6, 6.07) is 10.5. The molecule has 1 amide bonds. The third kappa shape index (κ3) is 7.34. The number of benzene rings is 2. The van der Waals surface area contributed by atoms with Crippen molar-refractivity contribution in [1.82, 2.24) is 24.6 Å². The highest BCUT2D eigenvalue weighted by Gasteiger charge is 2.41. The molecule has 3 aromatic rings. The predicted octanol–water partition coefficient (Wildman–Crippen LogP) is 4.99. The summed E-state index contributed by atoms with van der Waals surface area (Å²) in [6.07, 6.45) is -4.56. The Morgan fingerprint density at radius 3 is 2.49 bits per heavy atom. The number of carbonyl (C=O) groups excluding carboxylic acids is 2. The van der Waals surface area contributed by atoms with Gasteiger partial charge in [-0.25, -0.2) is 24.0 Å². The van der Waals surface area contributed by atoms with E-state index in [1.807, 2.05) is 27.8 Å². The van der Waals surface area contributed by atoms with E-state index in [4.69, 9.17) is 9.47 Å². The van der Waals surface area contributed by atoms with E-state index in [0.29, 0.717) is 49.3 Å². The number of rotatable bonds is 8. The lowest BCUT2D eigenvalue weighted by Crippen LogP contribution is -2.54. The first-order valence-electron chi connectivity index (χ1n) is 15.6. The van der Waals surface area contributed by atoms with E-state index in [9.17, 15) is 32.8 Å². The number of ether oxygens (including phenoxy) is 2. The van der Waals surface area contributed by atoms with Crippen molar-refractivity contribution < 1.29 is 32.2 Å². The largest absolute Gasteiger partial charge is 0.466 e. The molecular formula is C34H38F3N7O5. The van der Waals surface area contributed by atoms with Crippen molar-refractivity contribution >= 4 is 23.7 Å². The zero-order valence-electron chi connectivity index (χ0n) is 28.1. The second-order valence-corrected chi connectivity index (χ2v) is 13.3. The third-order valence-corrected chi connectivity index (χ3v) is 8.49. The molecule has 15 heteroatoms. The van der Waals surface area contributed by atoms with Crippen LogP contribution in [0.3, 0.4) is 0 Å². The molecule has 2 aliphatic heterocycles. The molecule has 5 rings (SSSR count). The highest BCUT2D eigenvalue weighted by Crippen LogP contribution is 2.43. The number of allylic oxidation sites excluding steroid dienone is 1. The van der Waals surface area contributed by atoms with Gasteiger partial charge in [0.1, 0.15) is 11.6 Å². The number of methoxy groups -OCH3 is 1. The highest BCUT2D eigenvalue weighted by atomic mass is 19.4. The number of aromatic nitrogens is 3. The van der Waals surface area contributed by atoms with Gasteiger partial charge < -0.3 is 19.3 Å². The van der Waals surface area contributed by atoms with Gasteiger partial charge >= 0.3 is 23.9 Å². The summed E-state index contributed by atoms with van der Waals surface area (Å²) >= 11 is 0. The van der Waals surface area contributed by atoms with Crippen LogP contribution in [-0.4, -0.2) is 82.6 Å². The molecule has 0 unspecified atom stereocenters. The normalized spacial score (nSPS) is 16.7. The number of esters is 1. The number of nitriles is 1. The van der Waals surface area contributed by atoms with Crippen LogP contribution < -0.4 is 10.6 Å². The van der Waals surface area contributed by atoms with E-state index in [-0.39, 0.29) is 34.9 Å². The number of likely N-dealkylation sites (N-methyl/N-ethyl adjacent to an activating group) is 1. The van der Waals surface area contributed by atoms with Crippen molar-refractivity contribution in [2.75, 3.05) is 45.2 Å². The maximum atomic E-state index is 13.7. The lowest BCUT2D eigenvalue weighted by atomic mass is 9.89. The maximum absolute atomic E-state index is 13.7. The molecular weight excluding hydrogens is 643 g/mol. The number of H-pyrrole nitrogens is 1. The molecule has 0 aliphatic carbocycles. The molecule has 0 radical (unpaired) electrons. The van der Waals surface area contributed by atoms with E-state index in [0.717, 1.165) is 12.1 Å². The van der Waals surface area contributed by atoms with E-state index >= 15 is 0 Å². The van der Waals surface area contributed by atoms with Crippen LogP contribution in [0.4, 0.5) is 29.6 Å². The number of hydrogen-bond donors (Lipinski definition) is 1. The zero-order chi connectivity index (χ0) is 35.8. The number of nitrogens with zero attached hydrogens (tertiary/aromatic N) is 6. The molecule has 0 bridgehead atoms. The number of nitrogens with one attached hydrogen (secondary N) is 1. The van der Waals surface area contributed by atoms with Gasteiger partial charge in [-0.15, -0.1) is 5.10 Å². The first-order chi connectivity index (χ1) is 23.0. The van der Waals surface area contributed by atoms with Gasteiger partial charge in [0.2, 0.25) is 5.95 Å². The van der Waals surface area contributed by atoms with Crippen molar-refractivity contribution in [3.05, 3.63) is 86.5 Å². The fraction of sp³-hybridized carbons (Fsp3) is 0.441. The van der Waals surface area contributed by atoms with Crippen molar-refractivity contribution in [2.45, 2.75) is 51.9 Å². The Morgan fingerprint density at radius 1 is 1.14 bits per heavy atom. The predicted molar refractivity (Wildman–Crippen MR) is 173 cm³/mol. The maximum Gasteiger partial charge on any atom is 0.416 e. The fourth-order valence-electron chi connectivity index (χ4n) is 6.24. The van der Waals surface area contributed by atoms with E-state index < -0.39 is 35.0 Å². The summed E-state index contributed by atoms with van der Waals surface area (Å²) in [5.41, 5.74) is -0.333. The number of halogens is 3. The van der Waals surface area contributed by atoms with Crippen LogP contribution in [0, 0.1) is 17.2 Å². The molecule has 12 nitrogen and oxygen atoms in total. The van der Waals surface area contributed by atoms with Gasteiger partial charge in [0.05, 0.1) is 29.9 Å². The summed E-state index contributed by atoms with van der Waals surface area (Å²) in [7, 11) is 3.13. The highest BCUT2D eigenvalue weighted by molar-refractivity contribution is 5.93. The first-order valence-corrected chi connectivity index (χ1v) is 15.6. The topological polar surface area (TPSA) is 137 Å². The van der Waals surface area contributed by atoms with Gasteiger partial charge in [0, 0.05) is 43.5 Å². The van der Waals surface area contributed by atoms with Crippen LogP contribution in [0.2, 0.25) is 0 Å². The van der Waals surface area contributed by atoms with Gasteiger partial charge in [0.25, 0.3) is 0 Å². The standard InChI is InChI=1S/C34H38F3N7O5/c1-20-27(29(45)48-6)28(44-30(39-40-31(44)46)43(20)25-9-7-8-24(15-25)34(35,36)37)26-11-10-21(16-38)14-23(26)12-13-41(5)17-22-18-42(19-22)32(47)49-33(2,3)4/h7-11,14-15,22,28H,12-13,17-19H2,1-6H3,(H,40,46)/t28-/m1/s1. The molecule has 1 aromatic heterocycles. The SMILES string of the molecule is COC(=O)C1=C(C)N(c2cccc(C(F)(F)F)c2)c2n[nH]c(=O)n2[C@@H]1c1ccc(C#N)cc1CCN(C)CC1CN(C(=O)OC(C)(C)C)C1. The average molecular weight is 682 g/mol. The number of amides is 1. The quantitative estimate of drug-likeness (QED) is 0.326. The lowest BCUT2D eigenvalue weighted by molar-refractivity contribution is -0.138. The Hall–Kier alpha value is -5.10. The van der Waals surface area contributed by atoms with Crippen LogP contribution in [-0.2, 0) is 26.9 Å². The Bertz CT molecular complexity index is 1880. The lowest BCUT2D eigenvalue weighted by Gasteiger charge is -2.41. The summed E-state index contributed by atoms with van der Waals surface area (Å²) in [5, 5.41) is 16.3. The van der Waals surface area contributed by atoms with E-state index in [2.05, 4.69) is 21.2 Å². The molecule has 3 heterocycles. The van der Waals surface area contributed by atoms with Gasteiger partial charge in [-0.2, -0.15) is 18.4 Å². The van der Waals surface area contributed by atoms with Crippen LogP contribution in [0.15, 0.2) is 58.5 Å². The minimum absolute atomic E-state index is 0.0203. The number of carbonyl (C=O) groups is 2. The number of anilines is 2. The summed E-state index contributed by atoms with van der Waals surface area (Å²) in [4.78, 5) is 44.3. The molecule has 1 saturated heterocycles. The molecule has 260 valence electrons. The molecule has 1 N–H and O–H groups in total. The minimum atomic E-state index is -4.64. The van der Waals surface area contributed by atoms with Gasteiger partial charge in [-0.3, -0.25) is 4.90 Å². The first kappa shape index (κ1) is 35.2. The Morgan fingerprint density at radius 2 is 1.86 bits per heavy atom. The molecule has 2 aliphatic rings. The van der Waals surface area contributed by atoms with Crippen LogP contribution in [0.5, 0.6) is 0 Å².